The number of nitriles is 1. The normalized spacial score (nSPS) is 14.1. The van der Waals surface area contributed by atoms with Crippen LogP contribution in [-0.2, 0) is 6.54 Å². The van der Waals surface area contributed by atoms with E-state index in [2.05, 4.69) is 20.4 Å². The van der Waals surface area contributed by atoms with Crippen molar-refractivity contribution in [3.63, 3.8) is 0 Å². The number of carbonyl (C=O) groups is 1. The zero-order valence-electron chi connectivity index (χ0n) is 17.4. The van der Waals surface area contributed by atoms with Crippen molar-refractivity contribution in [2.45, 2.75) is 6.54 Å². The molecule has 0 bridgehead atoms. The third-order valence-corrected chi connectivity index (χ3v) is 6.09. The number of methoxy groups -OCH3 is 1. The van der Waals surface area contributed by atoms with E-state index in [1.165, 1.54) is 17.4 Å². The summed E-state index contributed by atoms with van der Waals surface area (Å²) in [5, 5.41) is 21.3. The molecule has 2 aromatic carbocycles. The number of hydrogen-bond donors (Lipinski definition) is 1. The van der Waals surface area contributed by atoms with E-state index >= 15 is 0 Å². The molecular formula is C22H21FN6O2S. The van der Waals surface area contributed by atoms with Gasteiger partial charge in [0.2, 0.25) is 5.01 Å². The van der Waals surface area contributed by atoms with Crippen LogP contribution in [0.4, 0.5) is 15.8 Å². The largest absolute Gasteiger partial charge is 0.497 e. The van der Waals surface area contributed by atoms with Gasteiger partial charge in [-0.15, -0.1) is 10.2 Å². The predicted octanol–water partition coefficient (Wildman–Crippen LogP) is 3.13. The van der Waals surface area contributed by atoms with E-state index in [-0.39, 0.29) is 11.5 Å². The molecule has 0 aliphatic carbocycles. The van der Waals surface area contributed by atoms with E-state index < -0.39 is 5.82 Å². The Balaban J connectivity index is 1.32. The number of aromatic nitrogens is 2. The summed E-state index contributed by atoms with van der Waals surface area (Å²) in [4.78, 5) is 16.7. The van der Waals surface area contributed by atoms with Crippen LogP contribution in [-0.4, -0.2) is 54.3 Å². The van der Waals surface area contributed by atoms with Gasteiger partial charge < -0.3 is 15.0 Å². The molecule has 1 N–H and O–H groups in total. The maximum Gasteiger partial charge on any atom is 0.286 e. The van der Waals surface area contributed by atoms with Crippen molar-refractivity contribution in [2.24, 2.45) is 0 Å². The zero-order chi connectivity index (χ0) is 22.5. The highest BCUT2D eigenvalue weighted by Gasteiger charge is 2.22. The molecule has 8 nitrogen and oxygen atoms in total. The summed E-state index contributed by atoms with van der Waals surface area (Å²) in [6, 6.07) is 13.7. The first kappa shape index (κ1) is 21.7. The molecule has 0 spiro atoms. The van der Waals surface area contributed by atoms with Crippen molar-refractivity contribution < 1.29 is 13.9 Å². The molecule has 2 heterocycles. The lowest BCUT2D eigenvalue weighted by Gasteiger charge is -2.36. The van der Waals surface area contributed by atoms with Crippen LogP contribution >= 0.6 is 11.3 Å². The fraction of sp³-hybridized carbons (Fsp3) is 0.273. The average molecular weight is 453 g/mol. The summed E-state index contributed by atoms with van der Waals surface area (Å²) in [6.45, 7) is 3.38. The number of nitrogens with one attached hydrogen (secondary N) is 1. The van der Waals surface area contributed by atoms with Gasteiger partial charge in [0.15, 0.2) is 0 Å². The second-order valence-electron chi connectivity index (χ2n) is 7.19. The number of carbonyl (C=O) groups excluding carboxylic acids is 1. The van der Waals surface area contributed by atoms with E-state index in [0.717, 1.165) is 18.1 Å². The van der Waals surface area contributed by atoms with E-state index in [9.17, 15) is 14.4 Å². The molecular weight excluding hydrogens is 431 g/mol. The van der Waals surface area contributed by atoms with Crippen molar-refractivity contribution in [3.05, 3.63) is 63.9 Å². The molecule has 0 unspecified atom stereocenters. The molecule has 0 saturated carbocycles. The quantitative estimate of drug-likeness (QED) is 0.614. The van der Waals surface area contributed by atoms with Crippen molar-refractivity contribution in [3.8, 4) is 11.8 Å². The van der Waals surface area contributed by atoms with Gasteiger partial charge in [-0.3, -0.25) is 9.69 Å². The SMILES string of the molecule is COc1ccc(NC(=O)c2nnc(CN3CCN(c4cccc(F)c4C#N)CC3)s2)cc1. The maximum atomic E-state index is 13.9. The minimum atomic E-state index is -0.498. The molecule has 1 amide bonds. The Hall–Kier alpha value is -3.55. The molecule has 164 valence electrons. The zero-order valence-corrected chi connectivity index (χ0v) is 18.2. The number of anilines is 2. The van der Waals surface area contributed by atoms with Gasteiger partial charge in [-0.25, -0.2) is 4.39 Å². The third kappa shape index (κ3) is 4.85. The van der Waals surface area contributed by atoms with E-state index in [0.29, 0.717) is 41.8 Å². The summed E-state index contributed by atoms with van der Waals surface area (Å²) in [7, 11) is 1.58. The first-order valence-electron chi connectivity index (χ1n) is 10.0. The summed E-state index contributed by atoms with van der Waals surface area (Å²) in [6.07, 6.45) is 0. The lowest BCUT2D eigenvalue weighted by Crippen LogP contribution is -2.46. The van der Waals surface area contributed by atoms with Crippen LogP contribution in [0.15, 0.2) is 42.5 Å². The molecule has 0 radical (unpaired) electrons. The lowest BCUT2D eigenvalue weighted by atomic mass is 10.1. The summed E-state index contributed by atoms with van der Waals surface area (Å²) >= 11 is 1.26. The standard InChI is InChI=1S/C22H21FN6O2S/c1-31-16-7-5-15(6-8-16)25-21(30)22-27-26-20(32-22)14-28-9-11-29(12-10-28)19-4-2-3-18(23)17(19)13-24/h2-8H,9-12,14H2,1H3,(H,25,30). The van der Waals surface area contributed by atoms with Crippen molar-refractivity contribution in [1.29, 1.82) is 5.26 Å². The molecule has 3 aromatic rings. The number of hydrogen-bond acceptors (Lipinski definition) is 8. The molecule has 1 fully saturated rings. The van der Waals surface area contributed by atoms with Crippen molar-refractivity contribution in [2.75, 3.05) is 43.5 Å². The van der Waals surface area contributed by atoms with Crippen molar-refractivity contribution in [1.82, 2.24) is 15.1 Å². The summed E-state index contributed by atoms with van der Waals surface area (Å²) < 4.78 is 19.0. The Morgan fingerprint density at radius 1 is 1.19 bits per heavy atom. The van der Waals surface area contributed by atoms with Crippen LogP contribution < -0.4 is 15.0 Å². The van der Waals surface area contributed by atoms with E-state index in [4.69, 9.17) is 4.74 Å². The Bertz CT molecular complexity index is 1140. The second kappa shape index (κ2) is 9.72. The third-order valence-electron chi connectivity index (χ3n) is 5.18. The van der Waals surface area contributed by atoms with Crippen LogP contribution in [0.5, 0.6) is 5.75 Å². The maximum absolute atomic E-state index is 13.9. The highest BCUT2D eigenvalue weighted by molar-refractivity contribution is 7.13. The monoisotopic (exact) mass is 452 g/mol. The summed E-state index contributed by atoms with van der Waals surface area (Å²) in [5.41, 5.74) is 1.36. The number of piperazine rings is 1. The van der Waals surface area contributed by atoms with Gasteiger partial charge in [0, 0.05) is 31.9 Å². The van der Waals surface area contributed by atoms with Gasteiger partial charge in [0.1, 0.15) is 28.2 Å². The summed E-state index contributed by atoms with van der Waals surface area (Å²) in [5.74, 6) is -0.0943. The van der Waals surface area contributed by atoms with Gasteiger partial charge in [0.05, 0.1) is 19.3 Å². The first-order chi connectivity index (χ1) is 15.6. The van der Waals surface area contributed by atoms with E-state index in [1.807, 2.05) is 11.0 Å². The number of nitrogens with zero attached hydrogens (tertiary/aromatic N) is 5. The Morgan fingerprint density at radius 3 is 2.62 bits per heavy atom. The Morgan fingerprint density at radius 2 is 1.94 bits per heavy atom. The molecule has 4 rings (SSSR count). The Labute approximate surface area is 188 Å². The first-order valence-corrected chi connectivity index (χ1v) is 10.8. The van der Waals surface area contributed by atoms with Gasteiger partial charge in [-0.05, 0) is 36.4 Å². The molecule has 32 heavy (non-hydrogen) atoms. The van der Waals surface area contributed by atoms with Crippen LogP contribution in [0.3, 0.4) is 0 Å². The lowest BCUT2D eigenvalue weighted by molar-refractivity contribution is 0.102. The van der Waals surface area contributed by atoms with Crippen LogP contribution in [0.2, 0.25) is 0 Å². The predicted molar refractivity (Wildman–Crippen MR) is 119 cm³/mol. The minimum Gasteiger partial charge on any atom is -0.497 e. The van der Waals surface area contributed by atoms with Crippen LogP contribution in [0, 0.1) is 17.1 Å². The van der Waals surface area contributed by atoms with Crippen LogP contribution in [0.1, 0.15) is 20.4 Å². The van der Waals surface area contributed by atoms with Gasteiger partial charge in [-0.2, -0.15) is 5.26 Å². The average Bonchev–Trinajstić information content (AvgIpc) is 3.28. The number of benzene rings is 2. The second-order valence-corrected chi connectivity index (χ2v) is 8.25. The Kier molecular flexibility index (Phi) is 6.58. The van der Waals surface area contributed by atoms with E-state index in [1.54, 1.807) is 43.5 Å². The molecule has 1 aliphatic rings. The number of rotatable bonds is 6. The fourth-order valence-corrected chi connectivity index (χ4v) is 4.27. The minimum absolute atomic E-state index is 0.0811. The van der Waals surface area contributed by atoms with Gasteiger partial charge in [0.25, 0.3) is 5.91 Å². The molecule has 1 saturated heterocycles. The number of ether oxygens (including phenoxy) is 1. The molecule has 0 atom stereocenters. The highest BCUT2D eigenvalue weighted by Crippen LogP contribution is 2.24. The molecule has 1 aliphatic heterocycles. The van der Waals surface area contributed by atoms with Crippen molar-refractivity contribution >= 4 is 28.6 Å². The smallest absolute Gasteiger partial charge is 0.286 e. The number of amides is 1. The topological polar surface area (TPSA) is 94.4 Å². The fourth-order valence-electron chi connectivity index (χ4n) is 3.49. The molecule has 10 heteroatoms. The molecule has 1 aromatic heterocycles. The number of halogens is 1. The van der Waals surface area contributed by atoms with Gasteiger partial charge >= 0.3 is 0 Å². The van der Waals surface area contributed by atoms with Crippen LogP contribution in [0.25, 0.3) is 0 Å². The van der Waals surface area contributed by atoms with Gasteiger partial charge in [-0.1, -0.05) is 17.4 Å². The highest BCUT2D eigenvalue weighted by atomic mass is 32.1.